The largest absolute Gasteiger partial charge is 0.480 e. The summed E-state index contributed by atoms with van der Waals surface area (Å²) in [6, 6.07) is 0.342. The number of rotatable bonds is 7. The highest BCUT2D eigenvalue weighted by Crippen LogP contribution is 2.19. The summed E-state index contributed by atoms with van der Waals surface area (Å²) in [5.41, 5.74) is 0. The summed E-state index contributed by atoms with van der Waals surface area (Å²) in [5.74, 6) is -0.784. The molecule has 0 aromatic carbocycles. The molecule has 0 aromatic heterocycles. The van der Waals surface area contributed by atoms with Crippen LogP contribution in [0.1, 0.15) is 46.0 Å². The molecule has 5 nitrogen and oxygen atoms in total. The smallest absolute Gasteiger partial charge is 0.317 e. The van der Waals surface area contributed by atoms with Gasteiger partial charge in [-0.25, -0.2) is 0 Å². The van der Waals surface area contributed by atoms with Crippen molar-refractivity contribution in [3.63, 3.8) is 0 Å². The van der Waals surface area contributed by atoms with Crippen LogP contribution in [0.15, 0.2) is 0 Å². The normalized spacial score (nSPS) is 19.7. The molecule has 0 radical (unpaired) electrons. The molecule has 1 fully saturated rings. The van der Waals surface area contributed by atoms with Gasteiger partial charge in [-0.2, -0.15) is 0 Å². The molecule has 1 heterocycles. The number of nitrogens with zero attached hydrogens (tertiary/aromatic N) is 2. The zero-order chi connectivity index (χ0) is 14.3. The van der Waals surface area contributed by atoms with Crippen LogP contribution < -0.4 is 0 Å². The minimum Gasteiger partial charge on any atom is -0.480 e. The van der Waals surface area contributed by atoms with Gasteiger partial charge in [0.2, 0.25) is 5.91 Å². The number of carbonyl (C=O) groups excluding carboxylic acids is 1. The lowest BCUT2D eigenvalue weighted by Gasteiger charge is -2.36. The van der Waals surface area contributed by atoms with E-state index in [0.29, 0.717) is 12.6 Å². The number of hydrogen-bond donors (Lipinski definition) is 1. The molecule has 0 aliphatic carbocycles. The first-order valence-electron chi connectivity index (χ1n) is 7.32. The van der Waals surface area contributed by atoms with Crippen molar-refractivity contribution in [3.8, 4) is 0 Å². The molecule has 1 aliphatic heterocycles. The lowest BCUT2D eigenvalue weighted by molar-refractivity contribution is -0.140. The Morgan fingerprint density at radius 3 is 2.58 bits per heavy atom. The molecule has 1 aliphatic rings. The van der Waals surface area contributed by atoms with Crippen LogP contribution >= 0.6 is 0 Å². The highest BCUT2D eigenvalue weighted by Gasteiger charge is 2.26. The zero-order valence-corrected chi connectivity index (χ0v) is 12.1. The predicted octanol–water partition coefficient (Wildman–Crippen LogP) is 1.57. The Labute approximate surface area is 115 Å². The third-order valence-corrected chi connectivity index (χ3v) is 3.68. The molecule has 0 bridgehead atoms. The van der Waals surface area contributed by atoms with Gasteiger partial charge in [-0.3, -0.25) is 14.5 Å². The third kappa shape index (κ3) is 5.19. The lowest BCUT2D eigenvalue weighted by atomic mass is 10.00. The van der Waals surface area contributed by atoms with Gasteiger partial charge in [-0.15, -0.1) is 0 Å². The second kappa shape index (κ2) is 8.15. The van der Waals surface area contributed by atoms with E-state index in [1.807, 2.05) is 11.8 Å². The molecule has 1 atom stereocenters. The Kier molecular flexibility index (Phi) is 6.84. The quantitative estimate of drug-likeness (QED) is 0.763. The van der Waals surface area contributed by atoms with Crippen molar-refractivity contribution in [2.75, 3.05) is 26.2 Å². The Bertz CT molecular complexity index is 307. The van der Waals surface area contributed by atoms with E-state index in [2.05, 4.69) is 6.92 Å². The van der Waals surface area contributed by atoms with Crippen molar-refractivity contribution in [2.24, 2.45) is 0 Å². The first-order chi connectivity index (χ1) is 9.08. The average Bonchev–Trinajstić information content (AvgIpc) is 2.38. The highest BCUT2D eigenvalue weighted by molar-refractivity contribution is 5.79. The molecular formula is C14H26N2O3. The maximum absolute atomic E-state index is 12.3. The van der Waals surface area contributed by atoms with E-state index in [0.717, 1.165) is 32.2 Å². The number of likely N-dealkylation sites (tertiary alicyclic amines) is 1. The summed E-state index contributed by atoms with van der Waals surface area (Å²) >= 11 is 0. The van der Waals surface area contributed by atoms with Crippen molar-refractivity contribution < 1.29 is 14.7 Å². The molecule has 1 N–H and O–H groups in total. The number of piperidine rings is 1. The molecule has 0 saturated carbocycles. The Balaban J connectivity index is 2.56. The SMILES string of the molecule is CCCN(CC(=O)O)CC(=O)N1CCCCC1CC. The number of aliphatic carboxylic acids is 1. The van der Waals surface area contributed by atoms with Crippen LogP contribution in [0.2, 0.25) is 0 Å². The molecule has 110 valence electrons. The first-order valence-corrected chi connectivity index (χ1v) is 7.32. The van der Waals surface area contributed by atoms with E-state index in [1.54, 1.807) is 4.90 Å². The molecule has 19 heavy (non-hydrogen) atoms. The lowest BCUT2D eigenvalue weighted by Crippen LogP contribution is -2.48. The molecule has 1 saturated heterocycles. The van der Waals surface area contributed by atoms with Gasteiger partial charge < -0.3 is 10.0 Å². The number of carboxylic acid groups (broad SMARTS) is 1. The first kappa shape index (κ1) is 16.0. The van der Waals surface area contributed by atoms with E-state index in [1.165, 1.54) is 6.42 Å². The molecule has 1 amide bonds. The standard InChI is InChI=1S/C14H26N2O3/c1-3-8-15(11-14(18)19)10-13(17)16-9-6-5-7-12(16)4-2/h12H,3-11H2,1-2H3,(H,18,19). The average molecular weight is 270 g/mol. The molecular weight excluding hydrogens is 244 g/mol. The van der Waals surface area contributed by atoms with Crippen LogP contribution in [-0.4, -0.2) is 59.0 Å². The maximum Gasteiger partial charge on any atom is 0.317 e. The summed E-state index contributed by atoms with van der Waals surface area (Å²) in [4.78, 5) is 26.8. The van der Waals surface area contributed by atoms with Gasteiger partial charge in [-0.1, -0.05) is 13.8 Å². The molecule has 0 aromatic rings. The zero-order valence-electron chi connectivity index (χ0n) is 12.1. The monoisotopic (exact) mass is 270 g/mol. The number of carbonyl (C=O) groups is 2. The van der Waals surface area contributed by atoms with Crippen molar-refractivity contribution >= 4 is 11.9 Å². The number of amides is 1. The fourth-order valence-corrected chi connectivity index (χ4v) is 2.76. The van der Waals surface area contributed by atoms with Crippen molar-refractivity contribution in [2.45, 2.75) is 52.0 Å². The minimum atomic E-state index is -0.869. The fraction of sp³-hybridized carbons (Fsp3) is 0.857. The van der Waals surface area contributed by atoms with Gasteiger partial charge in [0, 0.05) is 12.6 Å². The molecule has 0 spiro atoms. The summed E-state index contributed by atoms with van der Waals surface area (Å²) in [5, 5.41) is 8.87. The van der Waals surface area contributed by atoms with Crippen LogP contribution in [0, 0.1) is 0 Å². The summed E-state index contributed by atoms with van der Waals surface area (Å²) < 4.78 is 0. The summed E-state index contributed by atoms with van der Waals surface area (Å²) in [7, 11) is 0. The fourth-order valence-electron chi connectivity index (χ4n) is 2.76. The Morgan fingerprint density at radius 1 is 1.26 bits per heavy atom. The topological polar surface area (TPSA) is 60.9 Å². The maximum atomic E-state index is 12.3. The second-order valence-electron chi connectivity index (χ2n) is 5.25. The van der Waals surface area contributed by atoms with Crippen LogP contribution in [0.4, 0.5) is 0 Å². The van der Waals surface area contributed by atoms with Crippen LogP contribution in [0.25, 0.3) is 0 Å². The number of hydrogen-bond acceptors (Lipinski definition) is 3. The summed E-state index contributed by atoms with van der Waals surface area (Å²) in [6.45, 7) is 5.76. The highest BCUT2D eigenvalue weighted by atomic mass is 16.4. The van der Waals surface area contributed by atoms with Crippen molar-refractivity contribution in [1.29, 1.82) is 0 Å². The van der Waals surface area contributed by atoms with E-state index >= 15 is 0 Å². The van der Waals surface area contributed by atoms with Gasteiger partial charge in [0.25, 0.3) is 0 Å². The molecule has 1 unspecified atom stereocenters. The number of carboxylic acids is 1. The molecule has 5 heteroatoms. The van der Waals surface area contributed by atoms with Gasteiger partial charge in [0.05, 0.1) is 13.1 Å². The Morgan fingerprint density at radius 2 is 2.00 bits per heavy atom. The Hall–Kier alpha value is -1.10. The third-order valence-electron chi connectivity index (χ3n) is 3.68. The van der Waals surface area contributed by atoms with Crippen molar-refractivity contribution in [3.05, 3.63) is 0 Å². The van der Waals surface area contributed by atoms with E-state index < -0.39 is 5.97 Å². The van der Waals surface area contributed by atoms with Crippen LogP contribution in [0.3, 0.4) is 0 Å². The van der Waals surface area contributed by atoms with Crippen molar-refractivity contribution in [1.82, 2.24) is 9.80 Å². The van der Waals surface area contributed by atoms with E-state index in [9.17, 15) is 9.59 Å². The van der Waals surface area contributed by atoms with Gasteiger partial charge in [0.15, 0.2) is 0 Å². The predicted molar refractivity (Wildman–Crippen MR) is 74.0 cm³/mol. The second-order valence-corrected chi connectivity index (χ2v) is 5.25. The van der Waals surface area contributed by atoms with Crippen LogP contribution in [-0.2, 0) is 9.59 Å². The molecule has 1 rings (SSSR count). The van der Waals surface area contributed by atoms with E-state index in [4.69, 9.17) is 5.11 Å². The minimum absolute atomic E-state index is 0.0514. The van der Waals surface area contributed by atoms with Gasteiger partial charge >= 0.3 is 5.97 Å². The van der Waals surface area contributed by atoms with Gasteiger partial charge in [0.1, 0.15) is 0 Å². The summed E-state index contributed by atoms with van der Waals surface area (Å²) in [6.07, 6.45) is 5.18. The van der Waals surface area contributed by atoms with E-state index in [-0.39, 0.29) is 19.0 Å². The van der Waals surface area contributed by atoms with Gasteiger partial charge in [-0.05, 0) is 38.6 Å². The van der Waals surface area contributed by atoms with Crippen LogP contribution in [0.5, 0.6) is 0 Å².